The van der Waals surface area contributed by atoms with Crippen molar-refractivity contribution in [2.45, 2.75) is 52.0 Å². The SMILES string of the molecule is Cc1nn(C(C)(C)C)c2nc(C3CC3)cc(C(=O)Nc3ccc4[nH]c(=O)[nH]c4c3)c12. The molecular formula is C22H24N6O2. The fourth-order valence-electron chi connectivity index (χ4n) is 3.85. The second-order valence-corrected chi connectivity index (χ2v) is 9.03. The first kappa shape index (κ1) is 18.6. The van der Waals surface area contributed by atoms with Crippen LogP contribution in [0.15, 0.2) is 29.1 Å². The number of hydrogen-bond donors (Lipinski definition) is 3. The normalized spacial score (nSPS) is 14.5. The Morgan fingerprint density at radius 2 is 1.90 bits per heavy atom. The van der Waals surface area contributed by atoms with Crippen molar-refractivity contribution < 1.29 is 4.79 Å². The molecule has 0 saturated heterocycles. The van der Waals surface area contributed by atoms with E-state index in [4.69, 9.17) is 10.1 Å². The number of rotatable bonds is 3. The number of carbonyl (C=O) groups is 1. The van der Waals surface area contributed by atoms with Crippen molar-refractivity contribution in [2.75, 3.05) is 5.32 Å². The predicted octanol–water partition coefficient (Wildman–Crippen LogP) is 3.79. The summed E-state index contributed by atoms with van der Waals surface area (Å²) in [7, 11) is 0. The highest BCUT2D eigenvalue weighted by molar-refractivity contribution is 6.13. The molecule has 3 heterocycles. The van der Waals surface area contributed by atoms with Gasteiger partial charge in [-0.2, -0.15) is 5.10 Å². The molecule has 0 aliphatic heterocycles. The molecule has 1 aliphatic rings. The molecule has 1 fully saturated rings. The number of amides is 1. The number of pyridine rings is 1. The van der Waals surface area contributed by atoms with E-state index in [0.29, 0.717) is 28.2 Å². The lowest BCUT2D eigenvalue weighted by molar-refractivity contribution is 0.102. The van der Waals surface area contributed by atoms with Crippen LogP contribution in [0.1, 0.15) is 61.3 Å². The van der Waals surface area contributed by atoms with Crippen LogP contribution in [0.5, 0.6) is 0 Å². The minimum absolute atomic E-state index is 0.210. The summed E-state index contributed by atoms with van der Waals surface area (Å²) in [6.07, 6.45) is 2.19. The predicted molar refractivity (Wildman–Crippen MR) is 116 cm³/mol. The maximum absolute atomic E-state index is 13.3. The zero-order valence-electron chi connectivity index (χ0n) is 17.5. The third kappa shape index (κ3) is 3.08. The number of fused-ring (bicyclic) bond motifs is 2. The summed E-state index contributed by atoms with van der Waals surface area (Å²) in [4.78, 5) is 35.1. The van der Waals surface area contributed by atoms with Gasteiger partial charge in [-0.05, 0) is 64.8 Å². The molecule has 0 bridgehead atoms. The average molecular weight is 404 g/mol. The molecular weight excluding hydrogens is 380 g/mol. The number of carbonyl (C=O) groups excluding carboxylic acids is 1. The van der Waals surface area contributed by atoms with E-state index in [0.717, 1.165) is 35.3 Å². The molecule has 1 aromatic carbocycles. The Hall–Kier alpha value is -3.42. The highest BCUT2D eigenvalue weighted by Gasteiger charge is 2.30. The molecule has 3 aromatic heterocycles. The van der Waals surface area contributed by atoms with E-state index in [-0.39, 0.29) is 17.1 Å². The second-order valence-electron chi connectivity index (χ2n) is 9.03. The fourth-order valence-corrected chi connectivity index (χ4v) is 3.85. The number of benzene rings is 1. The zero-order chi connectivity index (χ0) is 21.2. The molecule has 5 rings (SSSR count). The van der Waals surface area contributed by atoms with Crippen molar-refractivity contribution in [1.82, 2.24) is 24.7 Å². The number of aromatic nitrogens is 5. The Morgan fingerprint density at radius 1 is 1.17 bits per heavy atom. The Kier molecular flexibility index (Phi) is 3.90. The van der Waals surface area contributed by atoms with Gasteiger partial charge < -0.3 is 15.3 Å². The smallest absolute Gasteiger partial charge is 0.322 e. The number of nitrogens with zero attached hydrogens (tertiary/aromatic N) is 3. The number of aromatic amines is 2. The lowest BCUT2D eigenvalue weighted by Crippen LogP contribution is -2.23. The van der Waals surface area contributed by atoms with Gasteiger partial charge in [0, 0.05) is 17.3 Å². The number of H-pyrrole nitrogens is 2. The first-order valence-corrected chi connectivity index (χ1v) is 10.1. The van der Waals surface area contributed by atoms with E-state index in [1.54, 1.807) is 18.2 Å². The van der Waals surface area contributed by atoms with E-state index in [1.165, 1.54) is 0 Å². The minimum Gasteiger partial charge on any atom is -0.322 e. The second kappa shape index (κ2) is 6.29. The van der Waals surface area contributed by atoms with E-state index >= 15 is 0 Å². The summed E-state index contributed by atoms with van der Waals surface area (Å²) in [6.45, 7) is 8.15. The molecule has 3 N–H and O–H groups in total. The molecule has 8 heteroatoms. The topological polar surface area (TPSA) is 108 Å². The van der Waals surface area contributed by atoms with Crippen LogP contribution in [0.25, 0.3) is 22.1 Å². The summed E-state index contributed by atoms with van der Waals surface area (Å²) >= 11 is 0. The maximum atomic E-state index is 13.3. The summed E-state index contributed by atoms with van der Waals surface area (Å²) in [5, 5.41) is 8.46. The summed E-state index contributed by atoms with van der Waals surface area (Å²) in [5.74, 6) is 0.198. The van der Waals surface area contributed by atoms with Crippen LogP contribution in [-0.4, -0.2) is 30.6 Å². The lowest BCUT2D eigenvalue weighted by Gasteiger charge is -2.20. The molecule has 0 spiro atoms. The maximum Gasteiger partial charge on any atom is 0.323 e. The van der Waals surface area contributed by atoms with Gasteiger partial charge in [-0.3, -0.25) is 4.79 Å². The van der Waals surface area contributed by atoms with E-state index in [1.807, 2.05) is 17.7 Å². The largest absolute Gasteiger partial charge is 0.323 e. The summed E-state index contributed by atoms with van der Waals surface area (Å²) in [5.41, 5.74) is 4.49. The van der Waals surface area contributed by atoms with Crippen molar-refractivity contribution in [3.8, 4) is 0 Å². The van der Waals surface area contributed by atoms with Crippen LogP contribution >= 0.6 is 0 Å². The van der Waals surface area contributed by atoms with Crippen LogP contribution in [-0.2, 0) is 5.54 Å². The van der Waals surface area contributed by atoms with E-state index in [9.17, 15) is 9.59 Å². The van der Waals surface area contributed by atoms with Gasteiger partial charge >= 0.3 is 5.69 Å². The summed E-state index contributed by atoms with van der Waals surface area (Å²) < 4.78 is 1.91. The standard InChI is InChI=1S/C22H24N6O2/c1-11-18-14(20(29)23-13-7-8-15-17(9-13)26-21(30)25-15)10-16(12-5-6-12)24-19(18)28(27-11)22(2,3)4/h7-10,12H,5-6H2,1-4H3,(H,23,29)(H2,25,26,30). The van der Waals surface area contributed by atoms with E-state index < -0.39 is 0 Å². The first-order chi connectivity index (χ1) is 14.2. The van der Waals surface area contributed by atoms with Gasteiger partial charge in [-0.25, -0.2) is 14.5 Å². The first-order valence-electron chi connectivity index (χ1n) is 10.1. The molecule has 0 unspecified atom stereocenters. The van der Waals surface area contributed by atoms with Crippen LogP contribution in [0, 0.1) is 6.92 Å². The van der Waals surface area contributed by atoms with Gasteiger partial charge in [-0.1, -0.05) is 0 Å². The molecule has 1 amide bonds. The zero-order valence-corrected chi connectivity index (χ0v) is 17.5. The third-order valence-corrected chi connectivity index (χ3v) is 5.48. The molecule has 0 radical (unpaired) electrons. The molecule has 1 aliphatic carbocycles. The van der Waals surface area contributed by atoms with Crippen LogP contribution in [0.3, 0.4) is 0 Å². The van der Waals surface area contributed by atoms with Gasteiger partial charge in [0.1, 0.15) is 0 Å². The van der Waals surface area contributed by atoms with Crippen molar-refractivity contribution in [1.29, 1.82) is 0 Å². The number of aryl methyl sites for hydroxylation is 1. The molecule has 1 saturated carbocycles. The monoisotopic (exact) mass is 404 g/mol. The van der Waals surface area contributed by atoms with Crippen molar-refractivity contribution in [2.24, 2.45) is 0 Å². The quantitative estimate of drug-likeness (QED) is 0.483. The Labute approximate surface area is 172 Å². The fraction of sp³-hybridized carbons (Fsp3) is 0.364. The van der Waals surface area contributed by atoms with E-state index in [2.05, 4.69) is 36.1 Å². The molecule has 4 aromatic rings. The molecule has 8 nitrogen and oxygen atoms in total. The van der Waals surface area contributed by atoms with Crippen molar-refractivity contribution in [3.63, 3.8) is 0 Å². The van der Waals surface area contributed by atoms with Gasteiger partial charge in [-0.15, -0.1) is 0 Å². The average Bonchev–Trinajstić information content (AvgIpc) is 3.37. The third-order valence-electron chi connectivity index (χ3n) is 5.48. The highest BCUT2D eigenvalue weighted by Crippen LogP contribution is 2.41. The van der Waals surface area contributed by atoms with Crippen molar-refractivity contribution in [3.05, 3.63) is 51.7 Å². The van der Waals surface area contributed by atoms with Gasteiger partial charge in [0.15, 0.2) is 5.65 Å². The molecule has 154 valence electrons. The van der Waals surface area contributed by atoms with Gasteiger partial charge in [0.25, 0.3) is 5.91 Å². The number of hydrogen-bond acceptors (Lipinski definition) is 4. The number of imidazole rings is 1. The molecule has 0 atom stereocenters. The van der Waals surface area contributed by atoms with Crippen LogP contribution < -0.4 is 11.0 Å². The molecule has 30 heavy (non-hydrogen) atoms. The van der Waals surface area contributed by atoms with Gasteiger partial charge in [0.2, 0.25) is 0 Å². The van der Waals surface area contributed by atoms with Crippen molar-refractivity contribution >= 4 is 33.7 Å². The Bertz CT molecular complexity index is 1360. The lowest BCUT2D eigenvalue weighted by atomic mass is 10.1. The van der Waals surface area contributed by atoms with Gasteiger partial charge in [0.05, 0.1) is 33.2 Å². The highest BCUT2D eigenvalue weighted by atomic mass is 16.2. The van der Waals surface area contributed by atoms with Crippen LogP contribution in [0.2, 0.25) is 0 Å². The number of anilines is 1. The van der Waals surface area contributed by atoms with Crippen LogP contribution in [0.4, 0.5) is 5.69 Å². The Morgan fingerprint density at radius 3 is 2.60 bits per heavy atom. The number of nitrogens with one attached hydrogen (secondary N) is 3. The summed E-state index contributed by atoms with van der Waals surface area (Å²) in [6, 6.07) is 7.20. The Balaban J connectivity index is 1.61. The minimum atomic E-state index is -0.274.